The lowest BCUT2D eigenvalue weighted by molar-refractivity contribution is 0.168. The van der Waals surface area contributed by atoms with Crippen LogP contribution in [0.25, 0.3) is 0 Å². The third kappa shape index (κ3) is 3.89. The van der Waals surface area contributed by atoms with Gasteiger partial charge >= 0.3 is 0 Å². The van der Waals surface area contributed by atoms with E-state index in [0.29, 0.717) is 18.5 Å². The van der Waals surface area contributed by atoms with Crippen LogP contribution in [0.4, 0.5) is 5.69 Å². The molecule has 112 valence electrons. The first kappa shape index (κ1) is 15.2. The fourth-order valence-corrected chi connectivity index (χ4v) is 2.28. The highest BCUT2D eigenvalue weighted by atomic mass is 16.5. The van der Waals surface area contributed by atoms with Crippen molar-refractivity contribution in [2.24, 2.45) is 0 Å². The molecule has 0 aliphatic rings. The molecule has 2 aromatic carbocycles. The number of nitrogens with two attached hydrogens (primary N) is 1. The number of rotatable bonds is 6. The van der Waals surface area contributed by atoms with E-state index in [9.17, 15) is 5.11 Å². The smallest absolute Gasteiger partial charge is 0.122 e. The van der Waals surface area contributed by atoms with E-state index in [2.05, 4.69) is 0 Å². The van der Waals surface area contributed by atoms with Gasteiger partial charge in [0.1, 0.15) is 11.5 Å². The van der Waals surface area contributed by atoms with Gasteiger partial charge in [-0.15, -0.1) is 0 Å². The van der Waals surface area contributed by atoms with Crippen LogP contribution in [-0.4, -0.2) is 19.3 Å². The largest absolute Gasteiger partial charge is 0.497 e. The zero-order valence-corrected chi connectivity index (χ0v) is 12.4. The normalized spacial score (nSPS) is 12.0. The highest BCUT2D eigenvalue weighted by Crippen LogP contribution is 2.27. The number of anilines is 1. The number of aliphatic hydroxyl groups excluding tert-OH is 1. The Kier molecular flexibility index (Phi) is 5.06. The van der Waals surface area contributed by atoms with E-state index in [-0.39, 0.29) is 0 Å². The Balaban J connectivity index is 2.07. The topological polar surface area (TPSA) is 64.7 Å². The van der Waals surface area contributed by atoms with Crippen molar-refractivity contribution in [1.29, 1.82) is 0 Å². The molecule has 0 unspecified atom stereocenters. The van der Waals surface area contributed by atoms with Gasteiger partial charge in [-0.25, -0.2) is 0 Å². The summed E-state index contributed by atoms with van der Waals surface area (Å²) in [5.74, 6) is 1.50. The standard InChI is InChI=1S/C17H21NO3/c1-20-13-9-12(10-14(11-13)21-2)7-8-17(19)15-5-3-4-6-16(15)18/h3-6,9-11,17,19H,7-8,18H2,1-2H3/t17-/m0/s1. The number of aryl methyl sites for hydroxylation is 1. The van der Waals surface area contributed by atoms with Crippen LogP contribution in [0.1, 0.15) is 23.7 Å². The molecule has 2 aromatic rings. The second kappa shape index (κ2) is 6.99. The SMILES string of the molecule is COc1cc(CC[C@H](O)c2ccccc2N)cc(OC)c1. The molecule has 0 amide bonds. The predicted octanol–water partition coefficient (Wildman–Crippen LogP) is 2.95. The van der Waals surface area contributed by atoms with Gasteiger partial charge in [-0.1, -0.05) is 18.2 Å². The van der Waals surface area contributed by atoms with E-state index < -0.39 is 6.10 Å². The van der Waals surface area contributed by atoms with Gasteiger partial charge < -0.3 is 20.3 Å². The summed E-state index contributed by atoms with van der Waals surface area (Å²) < 4.78 is 10.5. The van der Waals surface area contributed by atoms with Gasteiger partial charge in [0, 0.05) is 17.3 Å². The van der Waals surface area contributed by atoms with Gasteiger partial charge in [0.2, 0.25) is 0 Å². The van der Waals surface area contributed by atoms with Crippen LogP contribution in [-0.2, 0) is 6.42 Å². The minimum atomic E-state index is -0.580. The van der Waals surface area contributed by atoms with Gasteiger partial charge in [0.05, 0.1) is 20.3 Å². The first-order valence-electron chi connectivity index (χ1n) is 6.88. The fraction of sp³-hybridized carbons (Fsp3) is 0.294. The summed E-state index contributed by atoms with van der Waals surface area (Å²) >= 11 is 0. The number of ether oxygens (including phenoxy) is 2. The zero-order chi connectivity index (χ0) is 15.2. The summed E-state index contributed by atoms with van der Waals surface area (Å²) in [6.45, 7) is 0. The van der Waals surface area contributed by atoms with E-state index in [0.717, 1.165) is 22.6 Å². The molecule has 4 heteroatoms. The summed E-state index contributed by atoms with van der Waals surface area (Å²) in [7, 11) is 3.25. The summed E-state index contributed by atoms with van der Waals surface area (Å²) in [6, 6.07) is 13.1. The lowest BCUT2D eigenvalue weighted by Crippen LogP contribution is -2.03. The Hall–Kier alpha value is -2.20. The minimum Gasteiger partial charge on any atom is -0.497 e. The number of hydrogen-bond donors (Lipinski definition) is 2. The second-order valence-corrected chi connectivity index (χ2v) is 4.90. The molecular weight excluding hydrogens is 266 g/mol. The molecule has 0 fully saturated rings. The average Bonchev–Trinajstić information content (AvgIpc) is 2.52. The summed E-state index contributed by atoms with van der Waals surface area (Å²) in [4.78, 5) is 0. The van der Waals surface area contributed by atoms with E-state index in [1.165, 1.54) is 0 Å². The van der Waals surface area contributed by atoms with Crippen molar-refractivity contribution in [2.75, 3.05) is 20.0 Å². The summed E-state index contributed by atoms with van der Waals surface area (Å²) in [5.41, 5.74) is 8.33. The lowest BCUT2D eigenvalue weighted by atomic mass is 10.00. The number of benzene rings is 2. The molecule has 0 radical (unpaired) electrons. The van der Waals surface area contributed by atoms with Crippen molar-refractivity contribution in [3.63, 3.8) is 0 Å². The number of para-hydroxylation sites is 1. The van der Waals surface area contributed by atoms with Crippen molar-refractivity contribution < 1.29 is 14.6 Å². The van der Waals surface area contributed by atoms with Crippen molar-refractivity contribution >= 4 is 5.69 Å². The molecular formula is C17H21NO3. The molecule has 0 aromatic heterocycles. The maximum atomic E-state index is 10.3. The Morgan fingerprint density at radius 3 is 2.24 bits per heavy atom. The van der Waals surface area contributed by atoms with Crippen LogP contribution in [0.2, 0.25) is 0 Å². The number of aliphatic hydroxyl groups is 1. The van der Waals surface area contributed by atoms with Crippen molar-refractivity contribution in [2.45, 2.75) is 18.9 Å². The van der Waals surface area contributed by atoms with Crippen LogP contribution in [0.15, 0.2) is 42.5 Å². The number of nitrogen functional groups attached to an aromatic ring is 1. The highest BCUT2D eigenvalue weighted by molar-refractivity contribution is 5.47. The van der Waals surface area contributed by atoms with Crippen LogP contribution in [0.5, 0.6) is 11.5 Å². The average molecular weight is 287 g/mol. The molecule has 0 aliphatic carbocycles. The molecule has 2 rings (SSSR count). The van der Waals surface area contributed by atoms with Crippen LogP contribution in [0, 0.1) is 0 Å². The molecule has 4 nitrogen and oxygen atoms in total. The van der Waals surface area contributed by atoms with E-state index in [4.69, 9.17) is 15.2 Å². The Morgan fingerprint density at radius 2 is 1.67 bits per heavy atom. The molecule has 0 saturated carbocycles. The van der Waals surface area contributed by atoms with Gasteiger partial charge in [-0.3, -0.25) is 0 Å². The van der Waals surface area contributed by atoms with Gasteiger partial charge in [0.25, 0.3) is 0 Å². The van der Waals surface area contributed by atoms with Crippen molar-refractivity contribution in [3.8, 4) is 11.5 Å². The maximum absolute atomic E-state index is 10.3. The second-order valence-electron chi connectivity index (χ2n) is 4.90. The fourth-order valence-electron chi connectivity index (χ4n) is 2.28. The third-order valence-corrected chi connectivity index (χ3v) is 3.47. The van der Waals surface area contributed by atoms with Crippen LogP contribution >= 0.6 is 0 Å². The van der Waals surface area contributed by atoms with Gasteiger partial charge in [0.15, 0.2) is 0 Å². The Bertz CT molecular complexity index is 576. The molecule has 21 heavy (non-hydrogen) atoms. The number of methoxy groups -OCH3 is 2. The van der Waals surface area contributed by atoms with Crippen molar-refractivity contribution in [1.82, 2.24) is 0 Å². The third-order valence-electron chi connectivity index (χ3n) is 3.47. The van der Waals surface area contributed by atoms with E-state index in [1.807, 2.05) is 36.4 Å². The Morgan fingerprint density at radius 1 is 1.05 bits per heavy atom. The van der Waals surface area contributed by atoms with Crippen LogP contribution in [0.3, 0.4) is 0 Å². The summed E-state index contributed by atoms with van der Waals surface area (Å²) in [5, 5.41) is 10.3. The number of hydrogen-bond acceptors (Lipinski definition) is 4. The van der Waals surface area contributed by atoms with Gasteiger partial charge in [-0.05, 0) is 36.6 Å². The zero-order valence-electron chi connectivity index (χ0n) is 12.4. The minimum absolute atomic E-state index is 0.580. The Labute approximate surface area is 125 Å². The van der Waals surface area contributed by atoms with Crippen molar-refractivity contribution in [3.05, 3.63) is 53.6 Å². The first-order chi connectivity index (χ1) is 10.1. The first-order valence-corrected chi connectivity index (χ1v) is 6.88. The highest BCUT2D eigenvalue weighted by Gasteiger charge is 2.11. The molecule has 0 aliphatic heterocycles. The monoisotopic (exact) mass is 287 g/mol. The predicted molar refractivity (Wildman–Crippen MR) is 83.7 cm³/mol. The molecule has 0 bridgehead atoms. The van der Waals surface area contributed by atoms with E-state index in [1.54, 1.807) is 20.3 Å². The maximum Gasteiger partial charge on any atom is 0.122 e. The summed E-state index contributed by atoms with van der Waals surface area (Å²) in [6.07, 6.45) is 0.719. The molecule has 1 atom stereocenters. The molecule has 0 heterocycles. The quantitative estimate of drug-likeness (QED) is 0.802. The molecule has 0 spiro atoms. The molecule has 3 N–H and O–H groups in total. The van der Waals surface area contributed by atoms with E-state index >= 15 is 0 Å². The lowest BCUT2D eigenvalue weighted by Gasteiger charge is -2.14. The van der Waals surface area contributed by atoms with Crippen LogP contribution < -0.4 is 15.2 Å². The van der Waals surface area contributed by atoms with Gasteiger partial charge in [-0.2, -0.15) is 0 Å². The molecule has 0 saturated heterocycles.